The molecule has 5 nitrogen and oxygen atoms in total. The van der Waals surface area contributed by atoms with E-state index in [1.54, 1.807) is 6.92 Å². The Balaban J connectivity index is 1.75. The summed E-state index contributed by atoms with van der Waals surface area (Å²) in [5.41, 5.74) is 1.85. The number of unbranched alkanes of at least 4 members (excludes halogenated alkanes) is 4. The van der Waals surface area contributed by atoms with E-state index in [0.717, 1.165) is 50.4 Å². The van der Waals surface area contributed by atoms with E-state index in [1.165, 1.54) is 19.3 Å². The summed E-state index contributed by atoms with van der Waals surface area (Å²) in [5.74, 6) is 0.0886. The first-order chi connectivity index (χ1) is 13.0. The molecule has 0 aromatic heterocycles. The molecule has 0 spiro atoms. The summed E-state index contributed by atoms with van der Waals surface area (Å²) >= 11 is 5.77. The Hall–Kier alpha value is -1.75. The Kier molecular flexibility index (Phi) is 8.92. The van der Waals surface area contributed by atoms with Crippen molar-refractivity contribution in [2.24, 2.45) is 0 Å². The van der Waals surface area contributed by atoms with Crippen molar-refractivity contribution in [2.45, 2.75) is 57.7 Å². The zero-order chi connectivity index (χ0) is 19.6. The number of anilines is 2. The van der Waals surface area contributed by atoms with Crippen LogP contribution in [0, 0.1) is 0 Å². The standard InChI is InChI=1S/C21H32ClN3O2/c1-3-4-5-6-7-8-20(26)25-15-13-24(14-16-25)19-11-9-18(10-12-19)23-21(27)17(2)22/h9-12,17H,3-8,13-16H2,1-2H3,(H,23,27). The first kappa shape index (κ1) is 21.5. The van der Waals surface area contributed by atoms with Crippen LogP contribution in [0.1, 0.15) is 52.4 Å². The van der Waals surface area contributed by atoms with E-state index in [1.807, 2.05) is 29.2 Å². The molecule has 0 saturated carbocycles. The van der Waals surface area contributed by atoms with Crippen molar-refractivity contribution in [3.05, 3.63) is 24.3 Å². The summed E-state index contributed by atoms with van der Waals surface area (Å²) in [6.07, 6.45) is 6.57. The molecule has 0 bridgehead atoms. The van der Waals surface area contributed by atoms with Crippen molar-refractivity contribution >= 4 is 34.8 Å². The van der Waals surface area contributed by atoms with Gasteiger partial charge < -0.3 is 15.1 Å². The van der Waals surface area contributed by atoms with Gasteiger partial charge in [0.1, 0.15) is 5.38 Å². The number of hydrogen-bond acceptors (Lipinski definition) is 3. The number of carbonyl (C=O) groups excluding carboxylic acids is 2. The van der Waals surface area contributed by atoms with Crippen LogP contribution in [0.15, 0.2) is 24.3 Å². The van der Waals surface area contributed by atoms with Crippen molar-refractivity contribution in [1.29, 1.82) is 0 Å². The van der Waals surface area contributed by atoms with E-state index in [9.17, 15) is 9.59 Å². The van der Waals surface area contributed by atoms with Gasteiger partial charge in [-0.25, -0.2) is 0 Å². The average molecular weight is 394 g/mol. The number of halogens is 1. The average Bonchev–Trinajstić information content (AvgIpc) is 2.68. The van der Waals surface area contributed by atoms with Crippen molar-refractivity contribution in [2.75, 3.05) is 36.4 Å². The molecule has 0 aliphatic carbocycles. The molecule has 1 aliphatic heterocycles. The molecule has 150 valence electrons. The van der Waals surface area contributed by atoms with Gasteiger partial charge in [-0.15, -0.1) is 11.6 Å². The van der Waals surface area contributed by atoms with Crippen LogP contribution in [0.25, 0.3) is 0 Å². The fourth-order valence-electron chi connectivity index (χ4n) is 3.25. The molecule has 1 aliphatic rings. The minimum absolute atomic E-state index is 0.203. The van der Waals surface area contributed by atoms with Crippen LogP contribution < -0.4 is 10.2 Å². The lowest BCUT2D eigenvalue weighted by Crippen LogP contribution is -2.48. The van der Waals surface area contributed by atoms with Crippen molar-refractivity contribution in [1.82, 2.24) is 4.90 Å². The molecule has 1 unspecified atom stereocenters. The lowest BCUT2D eigenvalue weighted by Gasteiger charge is -2.36. The van der Waals surface area contributed by atoms with Crippen LogP contribution >= 0.6 is 11.6 Å². The van der Waals surface area contributed by atoms with Crippen molar-refractivity contribution in [3.8, 4) is 0 Å². The van der Waals surface area contributed by atoms with E-state index in [0.29, 0.717) is 12.3 Å². The zero-order valence-corrected chi connectivity index (χ0v) is 17.3. The smallest absolute Gasteiger partial charge is 0.242 e. The molecule has 1 aromatic carbocycles. The number of rotatable bonds is 9. The van der Waals surface area contributed by atoms with Crippen LogP contribution in [0.2, 0.25) is 0 Å². The Morgan fingerprint density at radius 1 is 1.04 bits per heavy atom. The molecular formula is C21H32ClN3O2. The molecule has 6 heteroatoms. The van der Waals surface area contributed by atoms with Crippen LogP contribution in [0.4, 0.5) is 11.4 Å². The van der Waals surface area contributed by atoms with Crippen LogP contribution in [-0.2, 0) is 9.59 Å². The molecule has 1 atom stereocenters. The van der Waals surface area contributed by atoms with Crippen LogP contribution in [0.3, 0.4) is 0 Å². The molecule has 0 radical (unpaired) electrons. The lowest BCUT2D eigenvalue weighted by atomic mass is 10.1. The summed E-state index contributed by atoms with van der Waals surface area (Å²) in [4.78, 5) is 28.2. The molecule has 1 heterocycles. The Labute approximate surface area is 168 Å². The number of hydrogen-bond donors (Lipinski definition) is 1. The van der Waals surface area contributed by atoms with Crippen molar-refractivity contribution < 1.29 is 9.59 Å². The van der Waals surface area contributed by atoms with E-state index < -0.39 is 5.38 Å². The first-order valence-electron chi connectivity index (χ1n) is 10.1. The molecular weight excluding hydrogens is 362 g/mol. The highest BCUT2D eigenvalue weighted by Crippen LogP contribution is 2.20. The second kappa shape index (κ2) is 11.2. The largest absolute Gasteiger partial charge is 0.368 e. The minimum Gasteiger partial charge on any atom is -0.368 e. The number of piperazine rings is 1. The molecule has 27 heavy (non-hydrogen) atoms. The third-order valence-corrected chi connectivity index (χ3v) is 5.19. The molecule has 2 amide bonds. The van der Waals surface area contributed by atoms with Crippen molar-refractivity contribution in [3.63, 3.8) is 0 Å². The van der Waals surface area contributed by atoms with Crippen LogP contribution in [0.5, 0.6) is 0 Å². The molecule has 1 saturated heterocycles. The summed E-state index contributed by atoms with van der Waals surface area (Å²) in [5, 5.41) is 2.23. The van der Waals surface area contributed by atoms with Gasteiger partial charge >= 0.3 is 0 Å². The zero-order valence-electron chi connectivity index (χ0n) is 16.5. The van der Waals surface area contributed by atoms with Gasteiger partial charge in [-0.1, -0.05) is 32.6 Å². The number of nitrogens with zero attached hydrogens (tertiary/aromatic N) is 2. The minimum atomic E-state index is -0.554. The summed E-state index contributed by atoms with van der Waals surface area (Å²) in [7, 11) is 0. The van der Waals surface area contributed by atoms with Gasteiger partial charge in [0, 0.05) is 44.0 Å². The molecule has 1 aromatic rings. The predicted octanol–water partition coefficient (Wildman–Crippen LogP) is 4.26. The number of amides is 2. The van der Waals surface area contributed by atoms with Crippen LogP contribution in [-0.4, -0.2) is 48.3 Å². The third-order valence-electron chi connectivity index (χ3n) is 4.99. The number of benzene rings is 1. The van der Waals surface area contributed by atoms with Gasteiger partial charge in [-0.3, -0.25) is 9.59 Å². The molecule has 1 N–H and O–H groups in total. The highest BCUT2D eigenvalue weighted by molar-refractivity contribution is 6.32. The monoisotopic (exact) mass is 393 g/mol. The van der Waals surface area contributed by atoms with E-state index >= 15 is 0 Å². The summed E-state index contributed by atoms with van der Waals surface area (Å²) in [6.45, 7) is 7.08. The highest BCUT2D eigenvalue weighted by atomic mass is 35.5. The number of nitrogens with one attached hydrogen (secondary N) is 1. The Morgan fingerprint density at radius 2 is 1.67 bits per heavy atom. The van der Waals surface area contributed by atoms with Gasteiger partial charge in [0.15, 0.2) is 0 Å². The Morgan fingerprint density at radius 3 is 2.26 bits per heavy atom. The SMILES string of the molecule is CCCCCCCC(=O)N1CCN(c2ccc(NC(=O)C(C)Cl)cc2)CC1. The highest BCUT2D eigenvalue weighted by Gasteiger charge is 2.21. The van der Waals surface area contributed by atoms with Gasteiger partial charge in [0.2, 0.25) is 11.8 Å². The number of alkyl halides is 1. The maximum atomic E-state index is 12.3. The summed E-state index contributed by atoms with van der Waals surface area (Å²) in [6, 6.07) is 7.78. The lowest BCUT2D eigenvalue weighted by molar-refractivity contribution is -0.131. The first-order valence-corrected chi connectivity index (χ1v) is 10.5. The summed E-state index contributed by atoms with van der Waals surface area (Å²) < 4.78 is 0. The van der Waals surface area contributed by atoms with Gasteiger partial charge in [-0.2, -0.15) is 0 Å². The fourth-order valence-corrected chi connectivity index (χ4v) is 3.30. The van der Waals surface area contributed by atoms with Gasteiger partial charge in [-0.05, 0) is 37.6 Å². The van der Waals surface area contributed by atoms with Gasteiger partial charge in [0.05, 0.1) is 0 Å². The predicted molar refractivity (Wildman–Crippen MR) is 113 cm³/mol. The van der Waals surface area contributed by atoms with E-state index in [2.05, 4.69) is 17.1 Å². The molecule has 2 rings (SSSR count). The topological polar surface area (TPSA) is 52.7 Å². The third kappa shape index (κ3) is 7.06. The normalized spacial score (nSPS) is 15.5. The van der Waals surface area contributed by atoms with E-state index in [4.69, 9.17) is 11.6 Å². The fraction of sp³-hybridized carbons (Fsp3) is 0.619. The second-order valence-electron chi connectivity index (χ2n) is 7.18. The maximum absolute atomic E-state index is 12.3. The van der Waals surface area contributed by atoms with Gasteiger partial charge in [0.25, 0.3) is 0 Å². The quantitative estimate of drug-likeness (QED) is 0.503. The second-order valence-corrected chi connectivity index (χ2v) is 7.84. The maximum Gasteiger partial charge on any atom is 0.242 e. The van der Waals surface area contributed by atoms with E-state index in [-0.39, 0.29) is 5.91 Å². The Bertz CT molecular complexity index is 596. The number of carbonyl (C=O) groups is 2. The molecule has 1 fully saturated rings.